The second-order valence-electron chi connectivity index (χ2n) is 6.46. The van der Waals surface area contributed by atoms with Crippen LogP contribution in [0.15, 0.2) is 0 Å². The van der Waals surface area contributed by atoms with Crippen molar-refractivity contribution in [3.05, 3.63) is 0 Å². The van der Waals surface area contributed by atoms with Crippen molar-refractivity contribution in [3.8, 4) is 0 Å². The van der Waals surface area contributed by atoms with Gasteiger partial charge in [0, 0.05) is 32.1 Å². The lowest BCUT2D eigenvalue weighted by molar-refractivity contribution is -0.135. The van der Waals surface area contributed by atoms with Gasteiger partial charge >= 0.3 is 0 Å². The fourth-order valence-electron chi connectivity index (χ4n) is 3.21. The maximum Gasteiger partial charge on any atom is 0.222 e. The maximum absolute atomic E-state index is 12.4. The highest BCUT2D eigenvalue weighted by Gasteiger charge is 2.27. The van der Waals surface area contributed by atoms with Crippen molar-refractivity contribution in [3.63, 3.8) is 0 Å². The van der Waals surface area contributed by atoms with Crippen LogP contribution in [0.25, 0.3) is 0 Å². The molecular formula is C15H29N3O. The predicted molar refractivity (Wildman–Crippen MR) is 78.0 cm³/mol. The summed E-state index contributed by atoms with van der Waals surface area (Å²) >= 11 is 0. The molecule has 0 radical (unpaired) electrons. The number of likely N-dealkylation sites (N-methyl/N-ethyl adjacent to an activating group) is 1. The second-order valence-corrected chi connectivity index (χ2v) is 6.46. The Labute approximate surface area is 117 Å². The summed E-state index contributed by atoms with van der Waals surface area (Å²) in [5.41, 5.74) is 0. The molecule has 0 aromatic rings. The molecule has 2 aliphatic heterocycles. The smallest absolute Gasteiger partial charge is 0.222 e. The Morgan fingerprint density at radius 1 is 1.42 bits per heavy atom. The van der Waals surface area contributed by atoms with Crippen molar-refractivity contribution in [2.24, 2.45) is 11.8 Å². The first-order valence-electron chi connectivity index (χ1n) is 7.76. The van der Waals surface area contributed by atoms with Gasteiger partial charge in [-0.2, -0.15) is 0 Å². The van der Waals surface area contributed by atoms with E-state index in [2.05, 4.69) is 36.0 Å². The molecule has 0 aliphatic carbocycles. The molecule has 0 aromatic heterocycles. The quantitative estimate of drug-likeness (QED) is 0.834. The van der Waals surface area contributed by atoms with E-state index in [1.807, 2.05) is 0 Å². The molecular weight excluding hydrogens is 238 g/mol. The Morgan fingerprint density at radius 3 is 2.84 bits per heavy atom. The van der Waals surface area contributed by atoms with Crippen LogP contribution in [0.2, 0.25) is 0 Å². The number of rotatable bonds is 3. The molecule has 2 heterocycles. The lowest BCUT2D eigenvalue weighted by Gasteiger charge is -2.38. The fraction of sp³-hybridized carbons (Fsp3) is 0.933. The number of amides is 1. The van der Waals surface area contributed by atoms with Crippen molar-refractivity contribution in [2.75, 3.05) is 39.8 Å². The number of carbonyl (C=O) groups excluding carboxylic acids is 1. The molecule has 2 saturated heterocycles. The zero-order chi connectivity index (χ0) is 13.8. The molecule has 4 heteroatoms. The number of carbonyl (C=O) groups is 1. The van der Waals surface area contributed by atoms with Gasteiger partial charge in [-0.15, -0.1) is 0 Å². The Hall–Kier alpha value is -0.610. The van der Waals surface area contributed by atoms with Crippen LogP contribution in [-0.4, -0.2) is 61.5 Å². The zero-order valence-corrected chi connectivity index (χ0v) is 12.7. The molecule has 1 N–H and O–H groups in total. The van der Waals surface area contributed by atoms with E-state index in [-0.39, 0.29) is 0 Å². The van der Waals surface area contributed by atoms with Gasteiger partial charge in [0.2, 0.25) is 5.91 Å². The van der Waals surface area contributed by atoms with Crippen LogP contribution in [0.1, 0.15) is 33.1 Å². The molecule has 2 fully saturated rings. The molecule has 19 heavy (non-hydrogen) atoms. The third-order valence-electron chi connectivity index (χ3n) is 4.95. The van der Waals surface area contributed by atoms with Gasteiger partial charge in [0.25, 0.3) is 0 Å². The third-order valence-corrected chi connectivity index (χ3v) is 4.95. The van der Waals surface area contributed by atoms with Crippen LogP contribution in [0.5, 0.6) is 0 Å². The molecule has 2 aliphatic rings. The Morgan fingerprint density at radius 2 is 2.21 bits per heavy atom. The minimum Gasteiger partial charge on any atom is -0.340 e. The molecule has 0 bridgehead atoms. The van der Waals surface area contributed by atoms with Gasteiger partial charge in [-0.1, -0.05) is 6.92 Å². The second kappa shape index (κ2) is 6.71. The molecule has 3 unspecified atom stereocenters. The van der Waals surface area contributed by atoms with Crippen molar-refractivity contribution in [1.82, 2.24) is 15.1 Å². The van der Waals surface area contributed by atoms with Crippen molar-refractivity contribution in [2.45, 2.75) is 39.2 Å². The van der Waals surface area contributed by atoms with Crippen LogP contribution >= 0.6 is 0 Å². The van der Waals surface area contributed by atoms with Gasteiger partial charge < -0.3 is 15.1 Å². The normalized spacial score (nSPS) is 31.2. The number of nitrogens with zero attached hydrogens (tertiary/aromatic N) is 2. The largest absolute Gasteiger partial charge is 0.340 e. The van der Waals surface area contributed by atoms with Crippen LogP contribution in [0, 0.1) is 11.8 Å². The summed E-state index contributed by atoms with van der Waals surface area (Å²) < 4.78 is 0. The van der Waals surface area contributed by atoms with E-state index in [9.17, 15) is 4.79 Å². The molecule has 3 atom stereocenters. The van der Waals surface area contributed by atoms with Crippen LogP contribution < -0.4 is 5.32 Å². The maximum atomic E-state index is 12.4. The highest BCUT2D eigenvalue weighted by Crippen LogP contribution is 2.23. The van der Waals surface area contributed by atoms with E-state index in [1.54, 1.807) is 0 Å². The summed E-state index contributed by atoms with van der Waals surface area (Å²) in [5, 5.41) is 3.45. The minimum absolute atomic E-state index is 0.359. The van der Waals surface area contributed by atoms with Gasteiger partial charge in [0.05, 0.1) is 0 Å². The van der Waals surface area contributed by atoms with Gasteiger partial charge in [0.1, 0.15) is 0 Å². The summed E-state index contributed by atoms with van der Waals surface area (Å²) in [5.74, 6) is 1.55. The Bertz CT molecular complexity index is 302. The number of piperidine rings is 1. The summed E-state index contributed by atoms with van der Waals surface area (Å²) in [7, 11) is 2.14. The molecule has 1 amide bonds. The van der Waals surface area contributed by atoms with Crippen molar-refractivity contribution in [1.29, 1.82) is 0 Å². The monoisotopic (exact) mass is 267 g/mol. The first-order valence-corrected chi connectivity index (χ1v) is 7.76. The van der Waals surface area contributed by atoms with E-state index < -0.39 is 0 Å². The van der Waals surface area contributed by atoms with E-state index in [0.29, 0.717) is 23.8 Å². The van der Waals surface area contributed by atoms with E-state index in [0.717, 1.165) is 39.1 Å². The van der Waals surface area contributed by atoms with Crippen molar-refractivity contribution < 1.29 is 4.79 Å². The predicted octanol–water partition coefficient (Wildman–Crippen LogP) is 1.17. The summed E-state index contributed by atoms with van der Waals surface area (Å²) in [4.78, 5) is 16.8. The van der Waals surface area contributed by atoms with E-state index in [1.165, 1.54) is 12.8 Å². The lowest BCUT2D eigenvalue weighted by atomic mass is 9.85. The average molecular weight is 267 g/mol. The zero-order valence-electron chi connectivity index (χ0n) is 12.7. The molecule has 0 saturated carbocycles. The topological polar surface area (TPSA) is 35.6 Å². The molecule has 2 rings (SSSR count). The molecule has 4 nitrogen and oxygen atoms in total. The number of nitrogens with one attached hydrogen (secondary N) is 1. The standard InChI is InChI=1S/C15H29N3O/c1-12(14-5-4-6-16-10-14)9-15(19)18-8-7-17(3)13(2)11-18/h12-14,16H,4-11H2,1-3H3. The van der Waals surface area contributed by atoms with Crippen LogP contribution in [0.4, 0.5) is 0 Å². The molecule has 0 spiro atoms. The SMILES string of the molecule is CC(CC(=O)N1CCN(C)C(C)C1)C1CCCNC1. The Balaban J connectivity index is 1.79. The highest BCUT2D eigenvalue weighted by atomic mass is 16.2. The van der Waals surface area contributed by atoms with Gasteiger partial charge in [-0.05, 0) is 51.7 Å². The average Bonchev–Trinajstić information content (AvgIpc) is 2.42. The first-order chi connectivity index (χ1) is 9.08. The van der Waals surface area contributed by atoms with Crippen LogP contribution in [0.3, 0.4) is 0 Å². The van der Waals surface area contributed by atoms with Gasteiger partial charge in [-0.3, -0.25) is 4.79 Å². The number of hydrogen-bond acceptors (Lipinski definition) is 3. The van der Waals surface area contributed by atoms with Gasteiger partial charge in [-0.25, -0.2) is 0 Å². The summed E-state index contributed by atoms with van der Waals surface area (Å²) in [6.07, 6.45) is 3.26. The fourth-order valence-corrected chi connectivity index (χ4v) is 3.21. The number of hydrogen-bond donors (Lipinski definition) is 1. The lowest BCUT2D eigenvalue weighted by Crippen LogP contribution is -2.52. The molecule has 110 valence electrons. The molecule has 0 aromatic carbocycles. The number of piperazine rings is 1. The minimum atomic E-state index is 0.359. The van der Waals surface area contributed by atoms with Gasteiger partial charge in [0.15, 0.2) is 0 Å². The summed E-state index contributed by atoms with van der Waals surface area (Å²) in [6, 6.07) is 0.490. The first kappa shape index (κ1) is 14.8. The highest BCUT2D eigenvalue weighted by molar-refractivity contribution is 5.76. The third kappa shape index (κ3) is 3.93. The van der Waals surface area contributed by atoms with E-state index in [4.69, 9.17) is 0 Å². The summed E-state index contributed by atoms with van der Waals surface area (Å²) in [6.45, 7) is 9.48. The Kier molecular flexibility index (Phi) is 5.22. The van der Waals surface area contributed by atoms with E-state index >= 15 is 0 Å². The van der Waals surface area contributed by atoms with Crippen molar-refractivity contribution >= 4 is 5.91 Å². The van der Waals surface area contributed by atoms with Crippen LogP contribution in [-0.2, 0) is 4.79 Å².